The summed E-state index contributed by atoms with van der Waals surface area (Å²) in [5.74, 6) is 0.304. The highest BCUT2D eigenvalue weighted by Crippen LogP contribution is 2.38. The summed E-state index contributed by atoms with van der Waals surface area (Å²) in [4.78, 5) is 26.0. The van der Waals surface area contributed by atoms with Gasteiger partial charge in [-0.1, -0.05) is 32.1 Å². The van der Waals surface area contributed by atoms with Crippen LogP contribution < -0.4 is 10.6 Å². The van der Waals surface area contributed by atoms with Crippen molar-refractivity contribution in [2.24, 2.45) is 5.92 Å². The first-order valence-corrected chi connectivity index (χ1v) is 11.7. The van der Waals surface area contributed by atoms with Gasteiger partial charge in [-0.15, -0.1) is 11.3 Å². The van der Waals surface area contributed by atoms with Crippen molar-refractivity contribution in [3.8, 4) is 0 Å². The Hall–Kier alpha value is -1.47. The van der Waals surface area contributed by atoms with E-state index in [9.17, 15) is 9.59 Å². The molecular formula is C21H30N2O3S2. The van der Waals surface area contributed by atoms with Gasteiger partial charge in [0.25, 0.3) is 0 Å². The summed E-state index contributed by atoms with van der Waals surface area (Å²) in [6, 6.07) is 0. The van der Waals surface area contributed by atoms with Crippen LogP contribution in [0.25, 0.3) is 0 Å². The number of thiophene rings is 1. The van der Waals surface area contributed by atoms with Gasteiger partial charge in [-0.3, -0.25) is 4.79 Å². The number of ether oxygens (including phenoxy) is 1. The Morgan fingerprint density at radius 2 is 1.89 bits per heavy atom. The Labute approximate surface area is 176 Å². The third kappa shape index (κ3) is 5.54. The number of fused-ring (bicyclic) bond motifs is 1. The van der Waals surface area contributed by atoms with E-state index in [1.807, 2.05) is 0 Å². The van der Waals surface area contributed by atoms with Crippen LogP contribution in [0.4, 0.5) is 5.00 Å². The minimum absolute atomic E-state index is 0.0536. The second-order valence-corrected chi connectivity index (χ2v) is 9.19. The zero-order valence-electron chi connectivity index (χ0n) is 16.6. The molecule has 1 amide bonds. The van der Waals surface area contributed by atoms with Crippen LogP contribution in [0, 0.1) is 5.92 Å². The van der Waals surface area contributed by atoms with E-state index in [0.29, 0.717) is 29.5 Å². The molecule has 1 aromatic rings. The summed E-state index contributed by atoms with van der Waals surface area (Å²) in [5.41, 5.74) is 1.68. The van der Waals surface area contributed by atoms with Crippen LogP contribution in [-0.2, 0) is 22.4 Å². The lowest BCUT2D eigenvalue weighted by atomic mass is 9.86. The van der Waals surface area contributed by atoms with Crippen LogP contribution in [0.1, 0.15) is 85.5 Å². The lowest BCUT2D eigenvalue weighted by Crippen LogP contribution is -2.34. The molecule has 3 rings (SSSR count). The number of thiocarbonyl (C=S) groups is 1. The standard InChI is InChI=1S/C21H30N2O3S2/c1-2-26-20(25)18-15-10-6-7-11-16(15)28-19(18)23-21(27)22-17(24)13-12-14-8-4-3-5-9-14/h14H,2-13H2,1H3,(H2,22,23,24,27). The molecule has 0 unspecified atom stereocenters. The molecule has 0 radical (unpaired) electrons. The van der Waals surface area contributed by atoms with Gasteiger partial charge < -0.3 is 15.4 Å². The minimum Gasteiger partial charge on any atom is -0.462 e. The van der Waals surface area contributed by atoms with E-state index < -0.39 is 0 Å². The maximum atomic E-state index is 12.5. The molecule has 28 heavy (non-hydrogen) atoms. The molecule has 2 N–H and O–H groups in total. The molecular weight excluding hydrogens is 392 g/mol. The van der Waals surface area contributed by atoms with Gasteiger partial charge in [0.15, 0.2) is 5.11 Å². The second kappa shape index (κ2) is 10.3. The van der Waals surface area contributed by atoms with Crippen LogP contribution in [0.2, 0.25) is 0 Å². The molecule has 1 saturated carbocycles. The van der Waals surface area contributed by atoms with Gasteiger partial charge in [0, 0.05) is 11.3 Å². The van der Waals surface area contributed by atoms with Crippen molar-refractivity contribution in [3.05, 3.63) is 16.0 Å². The molecule has 2 aliphatic carbocycles. The molecule has 154 valence electrons. The largest absolute Gasteiger partial charge is 0.462 e. The van der Waals surface area contributed by atoms with E-state index in [4.69, 9.17) is 17.0 Å². The van der Waals surface area contributed by atoms with Crippen molar-refractivity contribution >= 4 is 45.5 Å². The monoisotopic (exact) mass is 422 g/mol. The van der Waals surface area contributed by atoms with Gasteiger partial charge in [0.2, 0.25) is 5.91 Å². The van der Waals surface area contributed by atoms with Crippen LogP contribution in [0.5, 0.6) is 0 Å². The number of rotatable bonds is 6. The number of hydrogen-bond donors (Lipinski definition) is 2. The first-order valence-electron chi connectivity index (χ1n) is 10.5. The Kier molecular flexibility index (Phi) is 7.85. The summed E-state index contributed by atoms with van der Waals surface area (Å²) < 4.78 is 5.26. The molecule has 2 aliphatic rings. The van der Waals surface area contributed by atoms with Gasteiger partial charge in [-0.2, -0.15) is 0 Å². The average Bonchev–Trinajstić information content (AvgIpc) is 3.05. The smallest absolute Gasteiger partial charge is 0.341 e. The predicted octanol–water partition coefficient (Wildman–Crippen LogP) is 4.98. The summed E-state index contributed by atoms with van der Waals surface area (Å²) in [7, 11) is 0. The summed E-state index contributed by atoms with van der Waals surface area (Å²) in [6.07, 6.45) is 11.9. The fraction of sp³-hybridized carbons (Fsp3) is 0.667. The van der Waals surface area contributed by atoms with Crippen molar-refractivity contribution in [2.45, 2.75) is 77.6 Å². The number of esters is 1. The van der Waals surface area contributed by atoms with Crippen molar-refractivity contribution in [1.29, 1.82) is 0 Å². The molecule has 0 saturated heterocycles. The van der Waals surface area contributed by atoms with Gasteiger partial charge in [-0.05, 0) is 62.7 Å². The number of nitrogens with one attached hydrogen (secondary N) is 2. The SMILES string of the molecule is CCOC(=O)c1c(NC(=S)NC(=O)CCC2CCCCC2)sc2c1CCCC2. The quantitative estimate of drug-likeness (QED) is 0.500. The van der Waals surface area contributed by atoms with Crippen molar-refractivity contribution in [1.82, 2.24) is 5.32 Å². The topological polar surface area (TPSA) is 67.4 Å². The minimum atomic E-state index is -0.309. The molecule has 0 spiro atoms. The molecule has 0 bridgehead atoms. The van der Waals surface area contributed by atoms with Crippen LogP contribution in [0.15, 0.2) is 0 Å². The van der Waals surface area contributed by atoms with Crippen molar-refractivity contribution in [2.75, 3.05) is 11.9 Å². The van der Waals surface area contributed by atoms with Crippen LogP contribution in [-0.4, -0.2) is 23.6 Å². The van der Waals surface area contributed by atoms with Gasteiger partial charge >= 0.3 is 5.97 Å². The van der Waals surface area contributed by atoms with Crippen LogP contribution in [0.3, 0.4) is 0 Å². The molecule has 1 aromatic heterocycles. The highest BCUT2D eigenvalue weighted by Gasteiger charge is 2.27. The van der Waals surface area contributed by atoms with E-state index in [0.717, 1.165) is 37.7 Å². The molecule has 0 aliphatic heterocycles. The molecule has 0 aromatic carbocycles. The maximum Gasteiger partial charge on any atom is 0.341 e. The lowest BCUT2D eigenvalue weighted by Gasteiger charge is -2.21. The fourth-order valence-corrected chi connectivity index (χ4v) is 5.77. The molecule has 1 heterocycles. The van der Waals surface area contributed by atoms with E-state index in [2.05, 4.69) is 10.6 Å². The maximum absolute atomic E-state index is 12.5. The number of amides is 1. The molecule has 1 fully saturated rings. The zero-order chi connectivity index (χ0) is 19.9. The summed E-state index contributed by atoms with van der Waals surface area (Å²) in [6.45, 7) is 2.15. The lowest BCUT2D eigenvalue weighted by molar-refractivity contribution is -0.120. The Morgan fingerprint density at radius 1 is 1.14 bits per heavy atom. The summed E-state index contributed by atoms with van der Waals surface area (Å²) >= 11 is 6.90. The van der Waals surface area contributed by atoms with Crippen molar-refractivity contribution < 1.29 is 14.3 Å². The first-order chi connectivity index (χ1) is 13.6. The van der Waals surface area contributed by atoms with E-state index in [1.54, 1.807) is 18.3 Å². The van der Waals surface area contributed by atoms with Crippen LogP contribution >= 0.6 is 23.6 Å². The molecule has 5 nitrogen and oxygen atoms in total. The van der Waals surface area contributed by atoms with Gasteiger partial charge in [0.1, 0.15) is 5.00 Å². The van der Waals surface area contributed by atoms with Gasteiger partial charge in [0.05, 0.1) is 12.2 Å². The highest BCUT2D eigenvalue weighted by molar-refractivity contribution is 7.80. The number of carbonyl (C=O) groups excluding carboxylic acids is 2. The van der Waals surface area contributed by atoms with Crippen molar-refractivity contribution in [3.63, 3.8) is 0 Å². The first kappa shape index (κ1) is 21.2. The van der Waals surface area contributed by atoms with E-state index >= 15 is 0 Å². The van der Waals surface area contributed by atoms with E-state index in [-0.39, 0.29) is 17.0 Å². The highest BCUT2D eigenvalue weighted by atomic mass is 32.1. The Bertz CT molecular complexity index is 723. The van der Waals surface area contributed by atoms with E-state index in [1.165, 1.54) is 37.0 Å². The number of aryl methyl sites for hydroxylation is 1. The fourth-order valence-electron chi connectivity index (χ4n) is 4.21. The normalized spacial score (nSPS) is 16.9. The average molecular weight is 423 g/mol. The third-order valence-corrected chi connectivity index (χ3v) is 7.05. The number of hydrogen-bond acceptors (Lipinski definition) is 5. The van der Waals surface area contributed by atoms with Gasteiger partial charge in [-0.25, -0.2) is 4.79 Å². The number of anilines is 1. The zero-order valence-corrected chi connectivity index (χ0v) is 18.2. The Morgan fingerprint density at radius 3 is 2.64 bits per heavy atom. The second-order valence-electron chi connectivity index (χ2n) is 7.68. The third-order valence-electron chi connectivity index (χ3n) is 5.64. The number of carbonyl (C=O) groups is 2. The predicted molar refractivity (Wildman–Crippen MR) is 117 cm³/mol. The molecule has 0 atom stereocenters. The summed E-state index contributed by atoms with van der Waals surface area (Å²) in [5, 5.41) is 6.83. The molecule has 7 heteroatoms. The Balaban J connectivity index is 1.59.